The van der Waals surface area contributed by atoms with Crippen LogP contribution in [0.3, 0.4) is 0 Å². The number of hydrogen-bond donors (Lipinski definition) is 0. The number of nitrogens with zero attached hydrogens (tertiary/aromatic N) is 1. The van der Waals surface area contributed by atoms with Crippen molar-refractivity contribution < 1.29 is 9.53 Å². The largest absolute Gasteiger partial charge is 0.486 e. The summed E-state index contributed by atoms with van der Waals surface area (Å²) >= 11 is 9.69. The normalized spacial score (nSPS) is 22.2. The lowest BCUT2D eigenvalue weighted by atomic mass is 10.1. The minimum atomic E-state index is 0.0163. The third kappa shape index (κ3) is 1.66. The maximum atomic E-state index is 12.3. The van der Waals surface area contributed by atoms with Crippen LogP contribution in [0.4, 0.5) is 0 Å². The fourth-order valence-corrected chi connectivity index (χ4v) is 3.10. The molecule has 0 saturated carbocycles. The van der Waals surface area contributed by atoms with Gasteiger partial charge in [0.05, 0.1) is 17.1 Å². The van der Waals surface area contributed by atoms with E-state index in [-0.39, 0.29) is 12.0 Å². The van der Waals surface area contributed by atoms with Gasteiger partial charge in [0.15, 0.2) is 5.75 Å². The van der Waals surface area contributed by atoms with Crippen molar-refractivity contribution in [2.24, 2.45) is 0 Å². The summed E-state index contributed by atoms with van der Waals surface area (Å²) in [6.07, 6.45) is 0.967. The van der Waals surface area contributed by atoms with Crippen molar-refractivity contribution in [3.05, 3.63) is 26.7 Å². The fraction of sp³-hybridized carbons (Fsp3) is 0.417. The highest BCUT2D eigenvalue weighted by molar-refractivity contribution is 9.10. The van der Waals surface area contributed by atoms with E-state index < -0.39 is 0 Å². The molecule has 1 amide bonds. The van der Waals surface area contributed by atoms with Crippen molar-refractivity contribution in [1.29, 1.82) is 0 Å². The van der Waals surface area contributed by atoms with Crippen LogP contribution in [0.2, 0.25) is 5.02 Å². The van der Waals surface area contributed by atoms with Crippen molar-refractivity contribution in [3.8, 4) is 5.75 Å². The molecule has 3 nitrogen and oxygen atoms in total. The third-order valence-electron chi connectivity index (χ3n) is 3.35. The highest BCUT2D eigenvalue weighted by Gasteiger charge is 2.35. The molecule has 0 radical (unpaired) electrons. The molecule has 2 aliphatic heterocycles. The summed E-state index contributed by atoms with van der Waals surface area (Å²) in [5.74, 6) is 0.562. The van der Waals surface area contributed by atoms with Gasteiger partial charge in [-0.05, 0) is 18.6 Å². The van der Waals surface area contributed by atoms with E-state index in [1.54, 1.807) is 6.07 Å². The molecule has 1 atom stereocenters. The van der Waals surface area contributed by atoms with Gasteiger partial charge in [-0.25, -0.2) is 0 Å². The molecule has 2 bridgehead atoms. The first-order chi connectivity index (χ1) is 8.08. The molecule has 0 aromatic heterocycles. The Labute approximate surface area is 113 Å². The number of benzene rings is 1. The fourth-order valence-electron chi connectivity index (χ4n) is 2.31. The Morgan fingerprint density at radius 2 is 2.35 bits per heavy atom. The van der Waals surface area contributed by atoms with Crippen LogP contribution in [0.1, 0.15) is 22.3 Å². The Bertz CT molecular complexity index is 518. The third-order valence-corrected chi connectivity index (χ3v) is 4.63. The van der Waals surface area contributed by atoms with Crippen molar-refractivity contribution in [1.82, 2.24) is 4.90 Å². The molecular weight excluding hydrogens is 305 g/mol. The summed E-state index contributed by atoms with van der Waals surface area (Å²) in [7, 11) is 0. The van der Waals surface area contributed by atoms with Gasteiger partial charge in [0.25, 0.3) is 5.91 Å². The van der Waals surface area contributed by atoms with Gasteiger partial charge in [-0.2, -0.15) is 0 Å². The Morgan fingerprint density at radius 1 is 1.59 bits per heavy atom. The smallest absolute Gasteiger partial charge is 0.257 e. The van der Waals surface area contributed by atoms with Gasteiger partial charge >= 0.3 is 0 Å². The molecule has 2 heterocycles. The predicted octanol–water partition coefficient (Wildman–Crippen LogP) is 3.02. The summed E-state index contributed by atoms with van der Waals surface area (Å²) in [5, 5.41) is 0.538. The van der Waals surface area contributed by atoms with E-state index in [9.17, 15) is 4.79 Å². The molecule has 1 fully saturated rings. The van der Waals surface area contributed by atoms with E-state index in [0.29, 0.717) is 22.9 Å². The van der Waals surface area contributed by atoms with Gasteiger partial charge in [-0.1, -0.05) is 27.5 Å². The average molecular weight is 317 g/mol. The van der Waals surface area contributed by atoms with Crippen molar-refractivity contribution >= 4 is 33.4 Å². The minimum absolute atomic E-state index is 0.0163. The molecule has 1 aromatic carbocycles. The van der Waals surface area contributed by atoms with Gasteiger partial charge in [0.2, 0.25) is 0 Å². The van der Waals surface area contributed by atoms with Crippen LogP contribution in [-0.2, 0) is 0 Å². The summed E-state index contributed by atoms with van der Waals surface area (Å²) in [4.78, 5) is 14.1. The Hall–Kier alpha value is -0.740. The molecule has 0 unspecified atom stereocenters. The summed E-state index contributed by atoms with van der Waals surface area (Å²) in [5.41, 5.74) is 1.47. The van der Waals surface area contributed by atoms with Crippen LogP contribution in [0.15, 0.2) is 10.5 Å². The molecule has 17 heavy (non-hydrogen) atoms. The summed E-state index contributed by atoms with van der Waals surface area (Å²) < 4.78 is 6.71. The minimum Gasteiger partial charge on any atom is -0.486 e. The van der Waals surface area contributed by atoms with Gasteiger partial charge in [0.1, 0.15) is 6.10 Å². The van der Waals surface area contributed by atoms with E-state index in [1.165, 1.54) is 0 Å². The van der Waals surface area contributed by atoms with Crippen LogP contribution in [0.25, 0.3) is 0 Å². The van der Waals surface area contributed by atoms with Crippen LogP contribution >= 0.6 is 27.5 Å². The first-order valence-corrected chi connectivity index (χ1v) is 6.69. The van der Waals surface area contributed by atoms with Gasteiger partial charge in [-0.3, -0.25) is 4.79 Å². The molecule has 3 rings (SSSR count). The number of hydrogen-bond acceptors (Lipinski definition) is 2. The SMILES string of the molecule is Cc1c(Br)cc2c(c1Cl)O[C@H]1CCN(C1)C2=O. The first-order valence-electron chi connectivity index (χ1n) is 5.52. The molecular formula is C12H11BrClNO2. The van der Waals surface area contributed by atoms with Crippen LogP contribution in [-0.4, -0.2) is 30.0 Å². The average Bonchev–Trinajstić information content (AvgIpc) is 2.72. The summed E-state index contributed by atoms with van der Waals surface area (Å²) in [6, 6.07) is 1.81. The standard InChI is InChI=1S/C12H11BrClNO2/c1-6-9(13)4-8-11(10(6)14)17-7-2-3-15(5-7)12(8)16/h4,7H,2-3,5H2,1H3/t7-/m0/s1. The van der Waals surface area contributed by atoms with Crippen molar-refractivity contribution in [2.45, 2.75) is 19.4 Å². The second-order valence-corrected chi connectivity index (χ2v) is 5.69. The van der Waals surface area contributed by atoms with Gasteiger partial charge in [0, 0.05) is 17.4 Å². The Kier molecular flexibility index (Phi) is 2.60. The zero-order valence-electron chi connectivity index (χ0n) is 9.30. The molecule has 0 N–H and O–H groups in total. The van der Waals surface area contributed by atoms with Crippen LogP contribution in [0, 0.1) is 6.92 Å². The van der Waals surface area contributed by atoms with E-state index in [0.717, 1.165) is 23.0 Å². The van der Waals surface area contributed by atoms with Crippen molar-refractivity contribution in [2.75, 3.05) is 13.1 Å². The first kappa shape index (κ1) is 11.4. The highest BCUT2D eigenvalue weighted by atomic mass is 79.9. The van der Waals surface area contributed by atoms with E-state index in [2.05, 4.69) is 15.9 Å². The lowest BCUT2D eigenvalue weighted by molar-refractivity contribution is 0.0792. The van der Waals surface area contributed by atoms with Crippen LogP contribution in [0.5, 0.6) is 5.75 Å². The maximum Gasteiger partial charge on any atom is 0.257 e. The quantitative estimate of drug-likeness (QED) is 0.736. The molecule has 0 spiro atoms. The second-order valence-electron chi connectivity index (χ2n) is 4.45. The number of amides is 1. The second kappa shape index (κ2) is 3.89. The van der Waals surface area contributed by atoms with Crippen molar-refractivity contribution in [3.63, 3.8) is 0 Å². The predicted molar refractivity (Wildman–Crippen MR) is 68.8 cm³/mol. The monoisotopic (exact) mass is 315 g/mol. The Morgan fingerprint density at radius 3 is 3.12 bits per heavy atom. The number of rotatable bonds is 0. The lowest BCUT2D eigenvalue weighted by Crippen LogP contribution is -2.27. The molecule has 90 valence electrons. The molecule has 1 aromatic rings. The number of carbonyl (C=O) groups is 1. The Balaban J connectivity index is 2.22. The van der Waals surface area contributed by atoms with Gasteiger partial charge in [-0.15, -0.1) is 0 Å². The number of ether oxygens (including phenoxy) is 1. The lowest BCUT2D eigenvalue weighted by Gasteiger charge is -2.18. The summed E-state index contributed by atoms with van der Waals surface area (Å²) in [6.45, 7) is 3.34. The van der Waals surface area contributed by atoms with Gasteiger partial charge < -0.3 is 9.64 Å². The highest BCUT2D eigenvalue weighted by Crippen LogP contribution is 2.40. The zero-order chi connectivity index (χ0) is 12.2. The molecule has 1 saturated heterocycles. The van der Waals surface area contributed by atoms with E-state index in [4.69, 9.17) is 16.3 Å². The van der Waals surface area contributed by atoms with E-state index >= 15 is 0 Å². The molecule has 2 aliphatic rings. The van der Waals surface area contributed by atoms with Crippen LogP contribution < -0.4 is 4.74 Å². The maximum absolute atomic E-state index is 12.3. The molecule has 0 aliphatic carbocycles. The molecule has 5 heteroatoms. The number of halogens is 2. The van der Waals surface area contributed by atoms with E-state index in [1.807, 2.05) is 11.8 Å². The number of carbonyl (C=O) groups excluding carboxylic acids is 1. The topological polar surface area (TPSA) is 29.5 Å². The zero-order valence-corrected chi connectivity index (χ0v) is 11.6. The number of fused-ring (bicyclic) bond motifs is 3.